The zero-order valence-electron chi connectivity index (χ0n) is 27.0. The van der Waals surface area contributed by atoms with E-state index < -0.39 is 12.0 Å². The first-order valence-corrected chi connectivity index (χ1v) is 16.1. The predicted molar refractivity (Wildman–Crippen MR) is 173 cm³/mol. The molecule has 252 valence electrons. The molecule has 3 rings (SSSR count). The van der Waals surface area contributed by atoms with Gasteiger partial charge in [-0.2, -0.15) is 0 Å². The molecule has 0 bridgehead atoms. The van der Waals surface area contributed by atoms with E-state index in [9.17, 15) is 19.2 Å². The molecule has 0 atom stereocenters. The number of benzene rings is 2. The highest BCUT2D eigenvalue weighted by Gasteiger charge is 2.29. The molecule has 2 aromatic rings. The summed E-state index contributed by atoms with van der Waals surface area (Å²) in [4.78, 5) is 51.4. The van der Waals surface area contributed by atoms with E-state index in [4.69, 9.17) is 18.9 Å². The van der Waals surface area contributed by atoms with Crippen molar-refractivity contribution in [3.8, 4) is 11.1 Å². The average Bonchev–Trinajstić information content (AvgIpc) is 3.38. The summed E-state index contributed by atoms with van der Waals surface area (Å²) in [6.07, 6.45) is 1.17. The van der Waals surface area contributed by atoms with E-state index >= 15 is 0 Å². The van der Waals surface area contributed by atoms with Gasteiger partial charge in [0.25, 0.3) is 0 Å². The minimum atomic E-state index is -0.551. The van der Waals surface area contributed by atoms with Crippen molar-refractivity contribution in [1.82, 2.24) is 20.9 Å². The van der Waals surface area contributed by atoms with Crippen LogP contribution in [0.1, 0.15) is 50.2 Å². The van der Waals surface area contributed by atoms with Gasteiger partial charge in [0.15, 0.2) is 0 Å². The standard InChI is InChI=1S/C34H48N4O8/c1-3-17-43-20-14-35-31(39)23-38(24-32(40)36-15-21-44-18-4-2)33(41)13-19-45-22-16-37-34(42)46-25-30-28-11-7-5-9-26(28)27-10-6-8-12-29(27)30/h5-12,30H,3-4,13-25H2,1-2H3,(H,35,39)(H,36,40)(H,37,42). The summed E-state index contributed by atoms with van der Waals surface area (Å²) in [6.45, 7) is 6.62. The fourth-order valence-corrected chi connectivity index (χ4v) is 5.00. The maximum Gasteiger partial charge on any atom is 0.407 e. The van der Waals surface area contributed by atoms with Crippen LogP contribution in [0.5, 0.6) is 0 Å². The molecule has 0 fully saturated rings. The van der Waals surface area contributed by atoms with Crippen molar-refractivity contribution in [3.63, 3.8) is 0 Å². The van der Waals surface area contributed by atoms with Crippen LogP contribution in [0.3, 0.4) is 0 Å². The monoisotopic (exact) mass is 640 g/mol. The lowest BCUT2D eigenvalue weighted by Gasteiger charge is -2.22. The fraction of sp³-hybridized carbons (Fsp3) is 0.529. The second-order valence-electron chi connectivity index (χ2n) is 10.8. The first kappa shape index (κ1) is 36.5. The van der Waals surface area contributed by atoms with Gasteiger partial charge in [-0.3, -0.25) is 14.4 Å². The molecule has 2 aromatic carbocycles. The third-order valence-electron chi connectivity index (χ3n) is 7.18. The number of nitrogens with one attached hydrogen (secondary N) is 3. The summed E-state index contributed by atoms with van der Waals surface area (Å²) >= 11 is 0. The number of alkyl carbamates (subject to hydrolysis) is 1. The first-order chi connectivity index (χ1) is 22.4. The van der Waals surface area contributed by atoms with Crippen molar-refractivity contribution in [2.45, 2.75) is 39.0 Å². The number of amides is 4. The van der Waals surface area contributed by atoms with Crippen LogP contribution < -0.4 is 16.0 Å². The number of nitrogens with zero attached hydrogens (tertiary/aromatic N) is 1. The van der Waals surface area contributed by atoms with Gasteiger partial charge >= 0.3 is 6.09 Å². The van der Waals surface area contributed by atoms with Crippen molar-refractivity contribution in [2.75, 3.05) is 79.0 Å². The quantitative estimate of drug-likeness (QED) is 0.167. The highest BCUT2D eigenvalue weighted by molar-refractivity contribution is 5.89. The summed E-state index contributed by atoms with van der Waals surface area (Å²) in [7, 11) is 0. The molecule has 12 nitrogen and oxygen atoms in total. The molecular weight excluding hydrogens is 592 g/mol. The Balaban J connectivity index is 1.36. The van der Waals surface area contributed by atoms with Gasteiger partial charge in [0.2, 0.25) is 17.7 Å². The van der Waals surface area contributed by atoms with Crippen LogP contribution >= 0.6 is 0 Å². The van der Waals surface area contributed by atoms with Gasteiger partial charge in [-0.25, -0.2) is 4.79 Å². The van der Waals surface area contributed by atoms with E-state index in [0.717, 1.165) is 35.1 Å². The number of carbonyl (C=O) groups is 4. The van der Waals surface area contributed by atoms with Gasteiger partial charge in [-0.1, -0.05) is 62.4 Å². The normalized spacial score (nSPS) is 11.8. The number of carbonyl (C=O) groups excluding carboxylic acids is 4. The molecule has 4 amide bonds. The Kier molecular flexibility index (Phi) is 16.6. The van der Waals surface area contributed by atoms with Crippen LogP contribution in [0.2, 0.25) is 0 Å². The van der Waals surface area contributed by atoms with E-state index in [2.05, 4.69) is 40.2 Å². The maximum absolute atomic E-state index is 12.9. The molecule has 0 radical (unpaired) electrons. The van der Waals surface area contributed by atoms with Crippen LogP contribution in [-0.2, 0) is 33.3 Å². The Bertz CT molecular complexity index is 1180. The molecule has 0 unspecified atom stereocenters. The molecular formula is C34H48N4O8. The molecule has 0 aromatic heterocycles. The van der Waals surface area contributed by atoms with Crippen LogP contribution in [-0.4, -0.2) is 108 Å². The summed E-state index contributed by atoms with van der Waals surface area (Å²) in [5, 5.41) is 8.09. The minimum absolute atomic E-state index is 0.0312. The zero-order valence-corrected chi connectivity index (χ0v) is 27.0. The Morgan fingerprint density at radius 2 is 1.13 bits per heavy atom. The van der Waals surface area contributed by atoms with Gasteiger partial charge in [-0.15, -0.1) is 0 Å². The lowest BCUT2D eigenvalue weighted by Crippen LogP contribution is -2.46. The van der Waals surface area contributed by atoms with Crippen molar-refractivity contribution in [2.24, 2.45) is 0 Å². The lowest BCUT2D eigenvalue weighted by atomic mass is 9.98. The number of rotatable bonds is 22. The molecule has 0 saturated carbocycles. The number of ether oxygens (including phenoxy) is 4. The Morgan fingerprint density at radius 3 is 1.65 bits per heavy atom. The first-order valence-electron chi connectivity index (χ1n) is 16.1. The number of fused-ring (bicyclic) bond motifs is 3. The van der Waals surface area contributed by atoms with Gasteiger partial charge in [0, 0.05) is 38.8 Å². The average molecular weight is 641 g/mol. The molecule has 0 saturated heterocycles. The van der Waals surface area contributed by atoms with Crippen LogP contribution in [0.4, 0.5) is 4.79 Å². The highest BCUT2D eigenvalue weighted by atomic mass is 16.5. The maximum atomic E-state index is 12.9. The van der Waals surface area contributed by atoms with Crippen molar-refractivity contribution < 1.29 is 38.1 Å². The van der Waals surface area contributed by atoms with Crippen molar-refractivity contribution in [3.05, 3.63) is 59.7 Å². The lowest BCUT2D eigenvalue weighted by molar-refractivity contribution is -0.140. The summed E-state index contributed by atoms with van der Waals surface area (Å²) in [5.74, 6) is -1.21. The molecule has 0 heterocycles. The molecule has 1 aliphatic rings. The van der Waals surface area contributed by atoms with Crippen molar-refractivity contribution >= 4 is 23.8 Å². The molecule has 46 heavy (non-hydrogen) atoms. The SMILES string of the molecule is CCCOCCNC(=O)CN(CC(=O)NCCOCCC)C(=O)CCOCCNC(=O)OCC1c2ccccc2-c2ccccc21. The second kappa shape index (κ2) is 20.9. The predicted octanol–water partition coefficient (Wildman–Crippen LogP) is 2.85. The van der Waals surface area contributed by atoms with E-state index in [1.807, 2.05) is 38.1 Å². The molecule has 12 heteroatoms. The minimum Gasteiger partial charge on any atom is -0.449 e. The number of hydrogen-bond acceptors (Lipinski definition) is 8. The number of hydrogen-bond donors (Lipinski definition) is 3. The van der Waals surface area contributed by atoms with Gasteiger partial charge in [0.1, 0.15) is 19.7 Å². The fourth-order valence-electron chi connectivity index (χ4n) is 5.00. The molecule has 0 spiro atoms. The third-order valence-corrected chi connectivity index (χ3v) is 7.18. The molecule has 3 N–H and O–H groups in total. The molecule has 0 aliphatic heterocycles. The largest absolute Gasteiger partial charge is 0.449 e. The van der Waals surface area contributed by atoms with Crippen LogP contribution in [0, 0.1) is 0 Å². The van der Waals surface area contributed by atoms with Gasteiger partial charge in [0.05, 0.1) is 32.8 Å². The Labute approximate surface area is 271 Å². The van der Waals surface area contributed by atoms with Gasteiger partial charge in [-0.05, 0) is 35.1 Å². The van der Waals surface area contributed by atoms with E-state index in [1.54, 1.807) is 0 Å². The van der Waals surface area contributed by atoms with Crippen LogP contribution in [0.15, 0.2) is 48.5 Å². The summed E-state index contributed by atoms with van der Waals surface area (Å²) in [6, 6.07) is 16.3. The van der Waals surface area contributed by atoms with E-state index in [0.29, 0.717) is 39.5 Å². The second-order valence-corrected chi connectivity index (χ2v) is 10.8. The zero-order chi connectivity index (χ0) is 33.0. The molecule has 1 aliphatic carbocycles. The van der Waals surface area contributed by atoms with Crippen molar-refractivity contribution in [1.29, 1.82) is 0 Å². The summed E-state index contributed by atoms with van der Waals surface area (Å²) < 4.78 is 21.8. The topological polar surface area (TPSA) is 145 Å². The smallest absolute Gasteiger partial charge is 0.407 e. The van der Waals surface area contributed by atoms with E-state index in [1.165, 1.54) is 4.90 Å². The highest BCUT2D eigenvalue weighted by Crippen LogP contribution is 2.44. The van der Waals surface area contributed by atoms with Crippen LogP contribution in [0.25, 0.3) is 11.1 Å². The van der Waals surface area contributed by atoms with E-state index in [-0.39, 0.29) is 63.6 Å². The summed E-state index contributed by atoms with van der Waals surface area (Å²) in [5.41, 5.74) is 4.58. The Morgan fingerprint density at radius 1 is 0.652 bits per heavy atom. The Hall–Kier alpha value is -4.00. The van der Waals surface area contributed by atoms with Gasteiger partial charge < -0.3 is 39.8 Å². The third kappa shape index (κ3) is 12.4.